The SMILES string of the molecule is CC(C)OP(=O)(OC(C)C)C(C(=S)Nc1ccc(Cl)cc1)P(=O)(OC(C)C)OC(C)C. The van der Waals surface area contributed by atoms with Gasteiger partial charge in [0.1, 0.15) is 4.99 Å². The summed E-state index contributed by atoms with van der Waals surface area (Å²) in [6, 6.07) is 6.73. The van der Waals surface area contributed by atoms with E-state index < -0.39 is 45.0 Å². The molecule has 0 aliphatic rings. The van der Waals surface area contributed by atoms with Crippen LogP contribution in [0, 0.1) is 0 Å². The van der Waals surface area contributed by atoms with Crippen molar-refractivity contribution in [2.75, 3.05) is 5.32 Å². The Balaban J connectivity index is 3.60. The molecule has 0 bridgehead atoms. The second kappa shape index (κ2) is 12.2. The van der Waals surface area contributed by atoms with Crippen LogP contribution in [-0.4, -0.2) is 34.8 Å². The van der Waals surface area contributed by atoms with E-state index in [0.717, 1.165) is 0 Å². The van der Waals surface area contributed by atoms with Crippen molar-refractivity contribution in [2.45, 2.75) is 85.2 Å². The van der Waals surface area contributed by atoms with E-state index in [2.05, 4.69) is 5.32 Å². The Morgan fingerprint density at radius 2 is 1.10 bits per heavy atom. The van der Waals surface area contributed by atoms with Crippen LogP contribution < -0.4 is 5.32 Å². The van der Waals surface area contributed by atoms with Gasteiger partial charge in [-0.3, -0.25) is 9.13 Å². The number of thiocarbonyl (C=S) groups is 1. The lowest BCUT2D eigenvalue weighted by Crippen LogP contribution is -2.32. The molecule has 7 nitrogen and oxygen atoms in total. The molecule has 0 spiro atoms. The molecule has 0 aliphatic carbocycles. The van der Waals surface area contributed by atoms with E-state index in [1.165, 1.54) is 0 Å². The Morgan fingerprint density at radius 1 is 0.774 bits per heavy atom. The average Bonchev–Trinajstić information content (AvgIpc) is 2.53. The standard InChI is InChI=1S/C20H34ClNO6P2S/c1-13(2)25-29(23,26-14(3)4)20(30(24,27-15(5)6)28-16(7)8)19(31)22-18-11-9-17(21)10-12-18/h9-16,20H,1-8H3,(H,22,31). The van der Waals surface area contributed by atoms with Gasteiger partial charge in [-0.25, -0.2) is 0 Å². The minimum atomic E-state index is -4.12. The Morgan fingerprint density at radius 3 is 1.39 bits per heavy atom. The zero-order chi connectivity index (χ0) is 24.0. The van der Waals surface area contributed by atoms with Gasteiger partial charge in [0.2, 0.25) is 5.40 Å². The molecule has 0 saturated heterocycles. The number of nitrogens with one attached hydrogen (secondary N) is 1. The minimum Gasteiger partial charge on any atom is -0.349 e. The van der Waals surface area contributed by atoms with Gasteiger partial charge in [0.05, 0.1) is 24.4 Å². The van der Waals surface area contributed by atoms with E-state index in [9.17, 15) is 9.13 Å². The zero-order valence-corrected chi connectivity index (χ0v) is 22.7. The fourth-order valence-corrected chi connectivity index (χ4v) is 9.33. The number of halogens is 1. The highest BCUT2D eigenvalue weighted by Crippen LogP contribution is 2.72. The molecule has 1 N–H and O–H groups in total. The molecule has 0 atom stereocenters. The first-order valence-corrected chi connectivity index (χ1v) is 14.2. The second-order valence-electron chi connectivity index (χ2n) is 8.07. The highest BCUT2D eigenvalue weighted by atomic mass is 35.5. The molecule has 0 aliphatic heterocycles. The first-order valence-electron chi connectivity index (χ1n) is 10.2. The van der Waals surface area contributed by atoms with Crippen LogP contribution in [0.2, 0.25) is 5.02 Å². The average molecular weight is 514 g/mol. The van der Waals surface area contributed by atoms with Crippen LogP contribution >= 0.6 is 39.0 Å². The van der Waals surface area contributed by atoms with Gasteiger partial charge in [0, 0.05) is 10.7 Å². The topological polar surface area (TPSA) is 83.1 Å². The molecule has 11 heteroatoms. The highest BCUT2D eigenvalue weighted by Gasteiger charge is 2.55. The summed E-state index contributed by atoms with van der Waals surface area (Å²) in [7, 11) is -8.24. The van der Waals surface area contributed by atoms with Crippen LogP contribution in [0.5, 0.6) is 0 Å². The molecule has 0 heterocycles. The Labute approximate surface area is 196 Å². The van der Waals surface area contributed by atoms with Crippen LogP contribution in [0.25, 0.3) is 0 Å². The second-order valence-corrected chi connectivity index (χ2v) is 13.4. The smallest absolute Gasteiger partial charge is 0.349 e. The molecule has 1 aromatic rings. The molecule has 0 radical (unpaired) electrons. The number of rotatable bonds is 12. The van der Waals surface area contributed by atoms with E-state index >= 15 is 0 Å². The molecule has 0 fully saturated rings. The lowest BCUT2D eigenvalue weighted by molar-refractivity contribution is 0.127. The van der Waals surface area contributed by atoms with Gasteiger partial charge < -0.3 is 23.4 Å². The van der Waals surface area contributed by atoms with Crippen LogP contribution in [0.1, 0.15) is 55.4 Å². The lowest BCUT2D eigenvalue weighted by Gasteiger charge is -2.35. The van der Waals surface area contributed by atoms with E-state index in [0.29, 0.717) is 10.7 Å². The summed E-state index contributed by atoms with van der Waals surface area (Å²) in [6.07, 6.45) is -1.96. The third-order valence-electron chi connectivity index (χ3n) is 3.38. The molecular weight excluding hydrogens is 480 g/mol. The molecule has 178 valence electrons. The zero-order valence-electron chi connectivity index (χ0n) is 19.3. The normalized spacial score (nSPS) is 13.1. The Bertz CT molecular complexity index is 750. The molecule has 0 saturated carbocycles. The summed E-state index contributed by atoms with van der Waals surface area (Å²) in [6.45, 7) is 13.7. The highest BCUT2D eigenvalue weighted by molar-refractivity contribution is 7.85. The van der Waals surface area contributed by atoms with Crippen molar-refractivity contribution in [2.24, 2.45) is 0 Å². The van der Waals surface area contributed by atoms with E-state index in [-0.39, 0.29) is 4.99 Å². The number of anilines is 1. The summed E-state index contributed by atoms with van der Waals surface area (Å²) in [4.78, 5) is -0.0309. The van der Waals surface area contributed by atoms with Gasteiger partial charge in [0.15, 0.2) is 0 Å². The van der Waals surface area contributed by atoms with Crippen molar-refractivity contribution in [3.63, 3.8) is 0 Å². The van der Waals surface area contributed by atoms with Crippen LogP contribution in [-0.2, 0) is 27.2 Å². The molecule has 0 aromatic heterocycles. The Hall–Kier alpha value is -0.300. The largest absolute Gasteiger partial charge is 0.353 e. The predicted octanol–water partition coefficient (Wildman–Crippen LogP) is 7.49. The monoisotopic (exact) mass is 513 g/mol. The van der Waals surface area contributed by atoms with Gasteiger partial charge in [0.25, 0.3) is 0 Å². The molecule has 31 heavy (non-hydrogen) atoms. The van der Waals surface area contributed by atoms with Gasteiger partial charge in [-0.05, 0) is 79.7 Å². The van der Waals surface area contributed by atoms with Crippen molar-refractivity contribution in [1.29, 1.82) is 0 Å². The number of hydrogen-bond donors (Lipinski definition) is 1. The third-order valence-corrected chi connectivity index (χ3v) is 10.6. The van der Waals surface area contributed by atoms with Gasteiger partial charge in [-0.2, -0.15) is 0 Å². The van der Waals surface area contributed by atoms with Crippen molar-refractivity contribution in [3.05, 3.63) is 29.3 Å². The van der Waals surface area contributed by atoms with Crippen molar-refractivity contribution >= 4 is 49.7 Å². The molecular formula is C20H34ClNO6P2S. The molecule has 1 rings (SSSR count). The first-order chi connectivity index (χ1) is 14.2. The summed E-state index contributed by atoms with van der Waals surface area (Å²) >= 11 is 11.5. The van der Waals surface area contributed by atoms with Crippen LogP contribution in [0.4, 0.5) is 5.69 Å². The summed E-state index contributed by atoms with van der Waals surface area (Å²) in [5, 5.41) is 2.05. The maximum Gasteiger partial charge on any atom is 0.353 e. The van der Waals surface area contributed by atoms with Gasteiger partial charge in [-0.1, -0.05) is 23.8 Å². The molecule has 0 amide bonds. The minimum absolute atomic E-state index is 0.0309. The Kier molecular flexibility index (Phi) is 11.3. The third kappa shape index (κ3) is 9.23. The lowest BCUT2D eigenvalue weighted by atomic mass is 10.3. The van der Waals surface area contributed by atoms with Gasteiger partial charge in [-0.15, -0.1) is 0 Å². The fraction of sp³-hybridized carbons (Fsp3) is 0.650. The van der Waals surface area contributed by atoms with Crippen LogP contribution in [0.3, 0.4) is 0 Å². The van der Waals surface area contributed by atoms with E-state index in [1.807, 2.05) is 0 Å². The van der Waals surface area contributed by atoms with Gasteiger partial charge >= 0.3 is 15.2 Å². The van der Waals surface area contributed by atoms with E-state index in [1.54, 1.807) is 79.7 Å². The molecule has 0 unspecified atom stereocenters. The van der Waals surface area contributed by atoms with Crippen molar-refractivity contribution < 1.29 is 27.2 Å². The quantitative estimate of drug-likeness (QED) is 0.227. The summed E-state index contributed by atoms with van der Waals surface area (Å²) in [5.74, 6) is 0. The summed E-state index contributed by atoms with van der Waals surface area (Å²) < 4.78 is 51.2. The fourth-order valence-electron chi connectivity index (χ4n) is 2.66. The maximum atomic E-state index is 14.1. The first kappa shape index (κ1) is 28.7. The maximum absolute atomic E-state index is 14.1. The van der Waals surface area contributed by atoms with E-state index in [4.69, 9.17) is 41.9 Å². The summed E-state index contributed by atoms with van der Waals surface area (Å²) in [5.41, 5.74) is 0.570. The molecule has 1 aromatic carbocycles. The van der Waals surface area contributed by atoms with Crippen molar-refractivity contribution in [1.82, 2.24) is 0 Å². The predicted molar refractivity (Wildman–Crippen MR) is 132 cm³/mol. The number of benzene rings is 1. The number of hydrogen-bond acceptors (Lipinski definition) is 7. The van der Waals surface area contributed by atoms with Crippen LogP contribution in [0.15, 0.2) is 24.3 Å². The van der Waals surface area contributed by atoms with Crippen molar-refractivity contribution in [3.8, 4) is 0 Å².